The van der Waals surface area contributed by atoms with Crippen molar-refractivity contribution in [1.82, 2.24) is 5.32 Å². The van der Waals surface area contributed by atoms with Crippen LogP contribution in [0.25, 0.3) is 0 Å². The molecule has 1 unspecified atom stereocenters. The largest absolute Gasteiger partial charge is 0.310 e. The van der Waals surface area contributed by atoms with E-state index in [2.05, 4.69) is 5.32 Å². The van der Waals surface area contributed by atoms with E-state index in [4.69, 9.17) is 5.14 Å². The molecule has 0 radical (unpaired) electrons. The number of hydrogen-bond donors (Lipinski definition) is 2. The smallest absolute Gasteiger partial charge is 0.209 e. The summed E-state index contributed by atoms with van der Waals surface area (Å²) in [6.45, 7) is 0.557. The molecule has 1 atom stereocenters. The molecule has 0 aliphatic carbocycles. The fourth-order valence-corrected chi connectivity index (χ4v) is 3.84. The van der Waals surface area contributed by atoms with E-state index < -0.39 is 10.0 Å². The number of fused-ring (bicyclic) bond motifs is 1. The molecule has 0 aromatic heterocycles. The van der Waals surface area contributed by atoms with Crippen molar-refractivity contribution in [3.63, 3.8) is 0 Å². The second-order valence-electron chi connectivity index (χ2n) is 4.52. The highest BCUT2D eigenvalue weighted by molar-refractivity contribution is 7.99. The van der Waals surface area contributed by atoms with Gasteiger partial charge >= 0.3 is 0 Å². The standard InChI is InChI=1S/C12H17FN2O2S2/c13-10-4-1-3-9-11(5-7-18-12(9)10)15-6-2-8-19(14,16)17/h1,3-4,11,15H,2,5-8H2,(H2,14,16,17). The topological polar surface area (TPSA) is 72.2 Å². The summed E-state index contributed by atoms with van der Waals surface area (Å²) in [6.07, 6.45) is 1.38. The predicted octanol–water partition coefficient (Wildman–Crippen LogP) is 1.63. The summed E-state index contributed by atoms with van der Waals surface area (Å²) < 4.78 is 35.3. The molecule has 0 saturated carbocycles. The number of halogens is 1. The van der Waals surface area contributed by atoms with Gasteiger partial charge in [0.05, 0.1) is 5.75 Å². The third kappa shape index (κ3) is 4.17. The van der Waals surface area contributed by atoms with E-state index in [0.717, 1.165) is 17.7 Å². The fourth-order valence-electron chi connectivity index (χ4n) is 2.15. The van der Waals surface area contributed by atoms with E-state index in [9.17, 15) is 12.8 Å². The van der Waals surface area contributed by atoms with Crippen LogP contribution in [0, 0.1) is 5.82 Å². The number of sulfonamides is 1. The molecule has 0 bridgehead atoms. The Kier molecular flexibility index (Phi) is 4.83. The molecule has 1 aliphatic rings. The van der Waals surface area contributed by atoms with Crippen LogP contribution in [-0.4, -0.2) is 26.5 Å². The summed E-state index contributed by atoms with van der Waals surface area (Å²) in [5.74, 6) is 0.650. The van der Waals surface area contributed by atoms with E-state index in [1.54, 1.807) is 6.07 Å². The van der Waals surface area contributed by atoms with Crippen molar-refractivity contribution in [3.05, 3.63) is 29.6 Å². The van der Waals surface area contributed by atoms with Crippen molar-refractivity contribution in [1.29, 1.82) is 0 Å². The highest BCUT2D eigenvalue weighted by Crippen LogP contribution is 2.37. The van der Waals surface area contributed by atoms with Crippen molar-refractivity contribution in [2.45, 2.75) is 23.8 Å². The molecule has 0 fully saturated rings. The molecule has 7 heteroatoms. The number of thioether (sulfide) groups is 1. The van der Waals surface area contributed by atoms with Gasteiger partial charge in [-0.25, -0.2) is 17.9 Å². The van der Waals surface area contributed by atoms with Crippen LogP contribution in [-0.2, 0) is 10.0 Å². The van der Waals surface area contributed by atoms with Gasteiger partial charge in [0.25, 0.3) is 0 Å². The Morgan fingerprint density at radius 1 is 1.47 bits per heavy atom. The van der Waals surface area contributed by atoms with E-state index in [1.807, 2.05) is 6.07 Å². The van der Waals surface area contributed by atoms with Gasteiger partial charge in [-0.3, -0.25) is 0 Å². The van der Waals surface area contributed by atoms with Crippen LogP contribution in [0.1, 0.15) is 24.4 Å². The number of nitrogens with one attached hydrogen (secondary N) is 1. The second-order valence-corrected chi connectivity index (χ2v) is 7.36. The van der Waals surface area contributed by atoms with Crippen LogP contribution in [0.3, 0.4) is 0 Å². The third-order valence-corrected chi connectivity index (χ3v) is 5.04. The van der Waals surface area contributed by atoms with Gasteiger partial charge in [0.1, 0.15) is 5.82 Å². The van der Waals surface area contributed by atoms with Crippen LogP contribution in [0.4, 0.5) is 4.39 Å². The van der Waals surface area contributed by atoms with Gasteiger partial charge in [-0.05, 0) is 36.8 Å². The van der Waals surface area contributed by atoms with Crippen molar-refractivity contribution in [2.24, 2.45) is 5.14 Å². The van der Waals surface area contributed by atoms with E-state index in [0.29, 0.717) is 17.9 Å². The molecule has 0 amide bonds. The molecule has 2 rings (SSSR count). The molecule has 0 saturated heterocycles. The normalized spacial score (nSPS) is 19.2. The minimum Gasteiger partial charge on any atom is -0.310 e. The molecule has 106 valence electrons. The van der Waals surface area contributed by atoms with Crippen LogP contribution in [0.2, 0.25) is 0 Å². The molecular weight excluding hydrogens is 287 g/mol. The quantitative estimate of drug-likeness (QED) is 0.811. The molecule has 0 spiro atoms. The number of hydrogen-bond acceptors (Lipinski definition) is 4. The number of rotatable bonds is 5. The fraction of sp³-hybridized carbons (Fsp3) is 0.500. The number of benzene rings is 1. The van der Waals surface area contributed by atoms with Crippen molar-refractivity contribution < 1.29 is 12.8 Å². The SMILES string of the molecule is NS(=O)(=O)CCCNC1CCSc2c(F)cccc21. The minimum absolute atomic E-state index is 0.0303. The minimum atomic E-state index is -3.40. The Hall–Kier alpha value is -0.630. The third-order valence-electron chi connectivity index (χ3n) is 3.02. The maximum Gasteiger partial charge on any atom is 0.209 e. The van der Waals surface area contributed by atoms with Gasteiger partial charge in [0.15, 0.2) is 0 Å². The van der Waals surface area contributed by atoms with Crippen LogP contribution < -0.4 is 10.5 Å². The lowest BCUT2D eigenvalue weighted by Crippen LogP contribution is -2.28. The maximum absolute atomic E-state index is 13.6. The molecule has 1 aromatic rings. The highest BCUT2D eigenvalue weighted by atomic mass is 32.2. The van der Waals surface area contributed by atoms with E-state index in [1.165, 1.54) is 17.8 Å². The molecule has 1 aromatic carbocycles. The van der Waals surface area contributed by atoms with Gasteiger partial charge in [-0.1, -0.05) is 12.1 Å². The molecule has 1 aliphatic heterocycles. The summed E-state index contributed by atoms with van der Waals surface area (Å²) in [7, 11) is -3.40. The predicted molar refractivity (Wildman–Crippen MR) is 75.1 cm³/mol. The Labute approximate surface area is 117 Å². The van der Waals surface area contributed by atoms with Crippen molar-refractivity contribution in [2.75, 3.05) is 18.1 Å². The highest BCUT2D eigenvalue weighted by Gasteiger charge is 2.22. The van der Waals surface area contributed by atoms with E-state index in [-0.39, 0.29) is 17.6 Å². The Morgan fingerprint density at radius 3 is 3.00 bits per heavy atom. The Morgan fingerprint density at radius 2 is 2.26 bits per heavy atom. The van der Waals surface area contributed by atoms with Crippen molar-refractivity contribution >= 4 is 21.8 Å². The van der Waals surface area contributed by atoms with Gasteiger partial charge in [-0.15, -0.1) is 11.8 Å². The first-order valence-corrected chi connectivity index (χ1v) is 8.82. The lowest BCUT2D eigenvalue weighted by atomic mass is 10.0. The summed E-state index contributed by atoms with van der Waals surface area (Å²) in [4.78, 5) is 0.706. The number of nitrogens with two attached hydrogens (primary N) is 1. The summed E-state index contributed by atoms with van der Waals surface area (Å²) in [6, 6.07) is 5.18. The van der Waals surface area contributed by atoms with Gasteiger partial charge in [0, 0.05) is 10.9 Å². The molecule has 3 N–H and O–H groups in total. The zero-order chi connectivity index (χ0) is 13.9. The summed E-state index contributed by atoms with van der Waals surface area (Å²) in [5, 5.41) is 8.22. The lowest BCUT2D eigenvalue weighted by molar-refractivity contribution is 0.495. The summed E-state index contributed by atoms with van der Waals surface area (Å²) >= 11 is 1.53. The molecular formula is C12H17FN2O2S2. The Bertz CT molecular complexity index is 549. The molecule has 4 nitrogen and oxygen atoms in total. The average Bonchev–Trinajstić information content (AvgIpc) is 2.34. The molecule has 19 heavy (non-hydrogen) atoms. The summed E-state index contributed by atoms with van der Waals surface area (Å²) in [5.41, 5.74) is 0.965. The first-order chi connectivity index (χ1) is 8.97. The monoisotopic (exact) mass is 304 g/mol. The zero-order valence-electron chi connectivity index (χ0n) is 10.4. The second kappa shape index (κ2) is 6.21. The zero-order valence-corrected chi connectivity index (χ0v) is 12.1. The van der Waals surface area contributed by atoms with E-state index >= 15 is 0 Å². The van der Waals surface area contributed by atoms with Crippen molar-refractivity contribution in [3.8, 4) is 0 Å². The molecule has 1 heterocycles. The maximum atomic E-state index is 13.6. The average molecular weight is 304 g/mol. The van der Waals surface area contributed by atoms with Crippen LogP contribution in [0.15, 0.2) is 23.1 Å². The van der Waals surface area contributed by atoms with Gasteiger partial charge < -0.3 is 5.32 Å². The van der Waals surface area contributed by atoms with Crippen LogP contribution >= 0.6 is 11.8 Å². The first kappa shape index (κ1) is 14.8. The first-order valence-electron chi connectivity index (χ1n) is 6.12. The van der Waals surface area contributed by atoms with Gasteiger partial charge in [0.2, 0.25) is 10.0 Å². The van der Waals surface area contributed by atoms with Crippen LogP contribution in [0.5, 0.6) is 0 Å². The lowest BCUT2D eigenvalue weighted by Gasteiger charge is -2.26. The number of primary sulfonamides is 1. The Balaban J connectivity index is 1.95. The van der Waals surface area contributed by atoms with Gasteiger partial charge in [-0.2, -0.15) is 0 Å².